The normalized spacial score (nSPS) is 25.4. The van der Waals surface area contributed by atoms with E-state index in [4.69, 9.17) is 4.74 Å². The molecule has 1 aliphatic carbocycles. The number of benzene rings is 1. The Morgan fingerprint density at radius 1 is 1.25 bits per heavy atom. The number of amides is 2. The number of likely N-dealkylation sites (tertiary alicyclic amines) is 2. The van der Waals surface area contributed by atoms with Crippen LogP contribution in [-0.2, 0) is 0 Å². The van der Waals surface area contributed by atoms with E-state index in [2.05, 4.69) is 16.3 Å². The van der Waals surface area contributed by atoms with Gasteiger partial charge in [-0.25, -0.2) is 4.79 Å². The number of aliphatic hydroxyl groups excluding tert-OH is 1. The highest BCUT2D eigenvalue weighted by Crippen LogP contribution is 2.48. The summed E-state index contributed by atoms with van der Waals surface area (Å²) in [7, 11) is 1.71. The van der Waals surface area contributed by atoms with Gasteiger partial charge in [0.05, 0.1) is 19.3 Å². The van der Waals surface area contributed by atoms with Gasteiger partial charge in [0.15, 0.2) is 0 Å². The highest BCUT2D eigenvalue weighted by Gasteiger charge is 2.53. The van der Waals surface area contributed by atoms with Gasteiger partial charge in [-0.15, -0.1) is 0 Å². The highest BCUT2D eigenvalue weighted by molar-refractivity contribution is 5.76. The number of aliphatic hydroxyl groups is 1. The molecule has 1 aromatic carbocycles. The quantitative estimate of drug-likeness (QED) is 0.815. The van der Waals surface area contributed by atoms with Crippen molar-refractivity contribution in [1.29, 1.82) is 0 Å². The molecule has 1 spiro atoms. The Morgan fingerprint density at radius 2 is 2.00 bits per heavy atom. The Kier molecular flexibility index (Phi) is 5.78. The Balaban J connectivity index is 1.47. The molecule has 1 saturated carbocycles. The number of ether oxygens (including phenoxy) is 1. The molecular weight excluding hydrogens is 354 g/mol. The molecule has 2 N–H and O–H groups in total. The van der Waals surface area contributed by atoms with Crippen molar-refractivity contribution in [1.82, 2.24) is 15.1 Å². The minimum atomic E-state index is -0.263. The summed E-state index contributed by atoms with van der Waals surface area (Å²) in [5.41, 5.74) is 1.05. The van der Waals surface area contributed by atoms with Crippen molar-refractivity contribution in [2.24, 2.45) is 0 Å². The summed E-state index contributed by atoms with van der Waals surface area (Å²) < 4.78 is 5.62. The van der Waals surface area contributed by atoms with Gasteiger partial charge in [-0.3, -0.25) is 4.90 Å². The van der Waals surface area contributed by atoms with Crippen LogP contribution in [0.2, 0.25) is 0 Å². The fraction of sp³-hybridized carbons (Fsp3) is 0.682. The topological polar surface area (TPSA) is 65.0 Å². The van der Waals surface area contributed by atoms with E-state index >= 15 is 0 Å². The van der Waals surface area contributed by atoms with Gasteiger partial charge in [0.1, 0.15) is 5.75 Å². The summed E-state index contributed by atoms with van der Waals surface area (Å²) in [6.45, 7) is 3.33. The molecule has 6 nitrogen and oxygen atoms in total. The number of para-hydroxylation sites is 1. The maximum absolute atomic E-state index is 13.0. The number of piperidine rings is 2. The molecule has 4 rings (SSSR count). The molecule has 154 valence electrons. The Bertz CT molecular complexity index is 685. The summed E-state index contributed by atoms with van der Waals surface area (Å²) in [5.74, 6) is 0.882. The largest absolute Gasteiger partial charge is 0.496 e. The van der Waals surface area contributed by atoms with E-state index in [0.29, 0.717) is 19.5 Å². The fourth-order valence-electron chi connectivity index (χ4n) is 4.99. The summed E-state index contributed by atoms with van der Waals surface area (Å²) in [6.07, 6.45) is 6.85. The van der Waals surface area contributed by atoms with Crippen LogP contribution >= 0.6 is 0 Å². The molecular formula is C22H33N3O3. The van der Waals surface area contributed by atoms with Crippen LogP contribution in [0, 0.1) is 0 Å². The van der Waals surface area contributed by atoms with Crippen molar-refractivity contribution in [3.63, 3.8) is 0 Å². The van der Waals surface area contributed by atoms with Gasteiger partial charge in [-0.1, -0.05) is 24.6 Å². The lowest BCUT2D eigenvalue weighted by Gasteiger charge is -2.40. The lowest BCUT2D eigenvalue weighted by Crippen LogP contribution is -2.54. The van der Waals surface area contributed by atoms with Crippen LogP contribution in [0.1, 0.15) is 56.6 Å². The number of carbonyl (C=O) groups is 1. The van der Waals surface area contributed by atoms with Gasteiger partial charge in [0.25, 0.3) is 0 Å². The molecule has 1 aromatic rings. The van der Waals surface area contributed by atoms with Gasteiger partial charge < -0.3 is 20.1 Å². The first kappa shape index (κ1) is 19.5. The zero-order valence-electron chi connectivity index (χ0n) is 16.9. The van der Waals surface area contributed by atoms with Crippen LogP contribution in [0.3, 0.4) is 0 Å². The molecule has 0 aromatic heterocycles. The third-order valence-electron chi connectivity index (χ3n) is 6.72. The molecule has 2 unspecified atom stereocenters. The lowest BCUT2D eigenvalue weighted by molar-refractivity contribution is 0.0480. The van der Waals surface area contributed by atoms with Crippen LogP contribution in [0.4, 0.5) is 4.79 Å². The van der Waals surface area contributed by atoms with Crippen LogP contribution in [0.25, 0.3) is 0 Å². The van der Waals surface area contributed by atoms with E-state index < -0.39 is 0 Å². The summed E-state index contributed by atoms with van der Waals surface area (Å²) in [4.78, 5) is 17.5. The maximum Gasteiger partial charge on any atom is 0.317 e. The SMILES string of the molecule is COc1ccccc1C(CNC(=O)N1CCC(O)CC12CC2)N1CCCCC1. The van der Waals surface area contributed by atoms with Crippen LogP contribution in [-0.4, -0.2) is 65.9 Å². The predicted octanol–water partition coefficient (Wildman–Crippen LogP) is 2.92. The molecule has 3 aliphatic rings. The molecule has 0 bridgehead atoms. The van der Waals surface area contributed by atoms with Crippen LogP contribution in [0.5, 0.6) is 5.75 Å². The average molecular weight is 388 g/mol. The predicted molar refractivity (Wildman–Crippen MR) is 108 cm³/mol. The van der Waals surface area contributed by atoms with Crippen LogP contribution < -0.4 is 10.1 Å². The monoisotopic (exact) mass is 387 g/mol. The number of urea groups is 1. The highest BCUT2D eigenvalue weighted by atomic mass is 16.5. The van der Waals surface area contributed by atoms with Crippen molar-refractivity contribution < 1.29 is 14.6 Å². The lowest BCUT2D eigenvalue weighted by atomic mass is 9.97. The number of hydrogen-bond acceptors (Lipinski definition) is 4. The van der Waals surface area contributed by atoms with Crippen LogP contribution in [0.15, 0.2) is 24.3 Å². The van der Waals surface area contributed by atoms with E-state index in [-0.39, 0.29) is 23.7 Å². The number of carbonyl (C=O) groups excluding carboxylic acids is 1. The van der Waals surface area contributed by atoms with Gasteiger partial charge in [-0.2, -0.15) is 0 Å². The van der Waals surface area contributed by atoms with E-state index in [1.807, 2.05) is 23.1 Å². The minimum Gasteiger partial charge on any atom is -0.496 e. The average Bonchev–Trinajstić information content (AvgIpc) is 3.48. The van der Waals surface area contributed by atoms with Gasteiger partial charge in [-0.05, 0) is 57.7 Å². The fourth-order valence-corrected chi connectivity index (χ4v) is 4.99. The number of methoxy groups -OCH3 is 1. The summed E-state index contributed by atoms with van der Waals surface area (Å²) in [6, 6.07) is 8.28. The van der Waals surface area contributed by atoms with Crippen molar-refractivity contribution in [3.8, 4) is 5.75 Å². The molecule has 2 aliphatic heterocycles. The Hall–Kier alpha value is -1.79. The van der Waals surface area contributed by atoms with E-state index in [1.165, 1.54) is 19.3 Å². The van der Waals surface area contributed by atoms with Gasteiger partial charge in [0, 0.05) is 24.2 Å². The van der Waals surface area contributed by atoms with Crippen molar-refractivity contribution in [2.45, 2.75) is 62.6 Å². The molecule has 28 heavy (non-hydrogen) atoms. The standard InChI is InChI=1S/C22H33N3O3/c1-28-20-8-4-3-7-18(20)19(24-12-5-2-6-13-24)16-23-21(27)25-14-9-17(26)15-22(25)10-11-22/h3-4,7-8,17,19,26H,2,5-6,9-16H2,1H3,(H,23,27). The third-order valence-corrected chi connectivity index (χ3v) is 6.72. The molecule has 6 heteroatoms. The third kappa shape index (κ3) is 3.98. The van der Waals surface area contributed by atoms with Gasteiger partial charge >= 0.3 is 6.03 Å². The maximum atomic E-state index is 13.0. The second kappa shape index (κ2) is 8.29. The summed E-state index contributed by atoms with van der Waals surface area (Å²) >= 11 is 0. The second-order valence-corrected chi connectivity index (χ2v) is 8.56. The summed E-state index contributed by atoms with van der Waals surface area (Å²) in [5, 5.41) is 13.2. The van der Waals surface area contributed by atoms with Crippen molar-refractivity contribution in [3.05, 3.63) is 29.8 Å². The first-order valence-corrected chi connectivity index (χ1v) is 10.7. The van der Waals surface area contributed by atoms with E-state index in [0.717, 1.165) is 43.7 Å². The van der Waals surface area contributed by atoms with E-state index in [9.17, 15) is 9.90 Å². The molecule has 2 heterocycles. The molecule has 2 saturated heterocycles. The Morgan fingerprint density at radius 3 is 2.71 bits per heavy atom. The zero-order chi connectivity index (χ0) is 19.6. The number of nitrogens with zero attached hydrogens (tertiary/aromatic N) is 2. The smallest absolute Gasteiger partial charge is 0.317 e. The number of rotatable bonds is 5. The van der Waals surface area contributed by atoms with E-state index in [1.54, 1.807) is 7.11 Å². The molecule has 0 radical (unpaired) electrons. The number of hydrogen-bond donors (Lipinski definition) is 2. The first-order valence-electron chi connectivity index (χ1n) is 10.7. The Labute approximate surface area is 167 Å². The van der Waals surface area contributed by atoms with Gasteiger partial charge in [0.2, 0.25) is 0 Å². The molecule has 3 fully saturated rings. The first-order chi connectivity index (χ1) is 13.6. The molecule has 2 amide bonds. The van der Waals surface area contributed by atoms with Crippen molar-refractivity contribution in [2.75, 3.05) is 33.3 Å². The van der Waals surface area contributed by atoms with Crippen molar-refractivity contribution >= 4 is 6.03 Å². The second-order valence-electron chi connectivity index (χ2n) is 8.56. The molecule has 2 atom stereocenters. The minimum absolute atomic E-state index is 0.0151. The zero-order valence-corrected chi connectivity index (χ0v) is 16.9. The number of nitrogens with one attached hydrogen (secondary N) is 1.